The van der Waals surface area contributed by atoms with Gasteiger partial charge in [0.15, 0.2) is 0 Å². The van der Waals surface area contributed by atoms with Gasteiger partial charge in [-0.1, -0.05) is 13.2 Å². The standard InChI is InChI=1S/C36H50N2O9/c1-13-26(39)37-33(5,6)17-24(18-34(37,7)8)45-31(43)29(47-30(42)23-15-21(3)28(41)22(4)16-23)32(44)46-25-19-35(9,10)38(27(40)14-2)36(11,12)20-25/h13-16,24-25,29,41H,1-2,17-20H2,3-12H3. The van der Waals surface area contributed by atoms with Gasteiger partial charge in [0.1, 0.15) is 18.0 Å². The van der Waals surface area contributed by atoms with Crippen LogP contribution in [0.25, 0.3) is 0 Å². The van der Waals surface area contributed by atoms with Crippen molar-refractivity contribution in [2.45, 2.75) is 135 Å². The van der Waals surface area contributed by atoms with E-state index in [1.54, 1.807) is 23.6 Å². The number of carbonyl (C=O) groups excluding carboxylic acids is 5. The molecule has 1 aromatic carbocycles. The summed E-state index contributed by atoms with van der Waals surface area (Å²) in [4.78, 5) is 69.8. The van der Waals surface area contributed by atoms with Gasteiger partial charge < -0.3 is 29.1 Å². The summed E-state index contributed by atoms with van der Waals surface area (Å²) >= 11 is 0. The Bertz CT molecular complexity index is 1340. The maximum atomic E-state index is 13.8. The number of piperidine rings is 2. The fraction of sp³-hybridized carbons (Fsp3) is 0.583. The number of phenols is 1. The van der Waals surface area contributed by atoms with Crippen LogP contribution in [0.4, 0.5) is 0 Å². The summed E-state index contributed by atoms with van der Waals surface area (Å²) in [6.45, 7) is 25.3. The van der Waals surface area contributed by atoms with Crippen molar-refractivity contribution in [3.05, 3.63) is 54.1 Å². The summed E-state index contributed by atoms with van der Waals surface area (Å²) in [6, 6.07) is 2.79. The molecule has 3 rings (SSSR count). The van der Waals surface area contributed by atoms with Crippen molar-refractivity contribution >= 4 is 29.7 Å². The van der Waals surface area contributed by atoms with E-state index in [1.807, 2.05) is 55.4 Å². The lowest BCUT2D eigenvalue weighted by Gasteiger charge is -2.54. The minimum absolute atomic E-state index is 0.00920. The van der Waals surface area contributed by atoms with E-state index in [4.69, 9.17) is 14.2 Å². The molecule has 0 bridgehead atoms. The predicted molar refractivity (Wildman–Crippen MR) is 175 cm³/mol. The molecular weight excluding hydrogens is 604 g/mol. The van der Waals surface area contributed by atoms with Crippen LogP contribution < -0.4 is 0 Å². The van der Waals surface area contributed by atoms with E-state index in [1.165, 1.54) is 24.3 Å². The molecule has 2 aliphatic rings. The second kappa shape index (κ2) is 13.2. The first-order valence-corrected chi connectivity index (χ1v) is 15.8. The highest BCUT2D eigenvalue weighted by atomic mass is 16.6. The highest BCUT2D eigenvalue weighted by Gasteiger charge is 2.51. The Kier molecular flexibility index (Phi) is 10.4. The number of esters is 3. The van der Waals surface area contributed by atoms with E-state index in [0.29, 0.717) is 11.1 Å². The molecule has 258 valence electrons. The molecule has 2 heterocycles. The fourth-order valence-corrected chi connectivity index (χ4v) is 7.81. The van der Waals surface area contributed by atoms with Crippen LogP contribution in [0.3, 0.4) is 0 Å². The number of hydrogen-bond acceptors (Lipinski definition) is 9. The number of phenolic OH excluding ortho intramolecular Hbond substituents is 1. The first-order chi connectivity index (χ1) is 21.5. The predicted octanol–water partition coefficient (Wildman–Crippen LogP) is 5.09. The first kappa shape index (κ1) is 37.3. The minimum Gasteiger partial charge on any atom is -0.507 e. The second-order valence-electron chi connectivity index (χ2n) is 15.2. The molecule has 0 unspecified atom stereocenters. The first-order valence-electron chi connectivity index (χ1n) is 15.8. The summed E-state index contributed by atoms with van der Waals surface area (Å²) in [6.07, 6.45) is 0.00728. The molecular formula is C36H50N2O9. The van der Waals surface area contributed by atoms with Crippen LogP contribution in [0.5, 0.6) is 5.75 Å². The minimum atomic E-state index is -2.06. The van der Waals surface area contributed by atoms with E-state index in [-0.39, 0.29) is 48.8 Å². The Hall–Kier alpha value is -4.15. The maximum absolute atomic E-state index is 13.8. The Morgan fingerprint density at radius 1 is 0.723 bits per heavy atom. The summed E-state index contributed by atoms with van der Waals surface area (Å²) in [5.41, 5.74) is -2.09. The van der Waals surface area contributed by atoms with Crippen molar-refractivity contribution in [2.24, 2.45) is 0 Å². The normalized spacial score (nSPS) is 20.2. The topological polar surface area (TPSA) is 140 Å². The summed E-state index contributed by atoms with van der Waals surface area (Å²) in [5.74, 6) is -3.69. The van der Waals surface area contributed by atoms with Gasteiger partial charge in [-0.15, -0.1) is 0 Å². The van der Waals surface area contributed by atoms with E-state index >= 15 is 0 Å². The Morgan fingerprint density at radius 2 is 1.04 bits per heavy atom. The van der Waals surface area contributed by atoms with Crippen molar-refractivity contribution < 1.29 is 43.3 Å². The van der Waals surface area contributed by atoms with Gasteiger partial charge in [-0.25, -0.2) is 14.4 Å². The number of nitrogens with zero attached hydrogens (tertiary/aromatic N) is 2. The highest BCUT2D eigenvalue weighted by molar-refractivity contribution is 6.02. The smallest absolute Gasteiger partial charge is 0.359 e. The second-order valence-corrected chi connectivity index (χ2v) is 15.2. The third-order valence-corrected chi connectivity index (χ3v) is 9.07. The zero-order valence-electron chi connectivity index (χ0n) is 29.4. The maximum Gasteiger partial charge on any atom is 0.359 e. The average molecular weight is 655 g/mol. The molecule has 0 atom stereocenters. The van der Waals surface area contributed by atoms with Crippen LogP contribution in [0.1, 0.15) is 103 Å². The van der Waals surface area contributed by atoms with Gasteiger partial charge in [0.05, 0.1) is 5.56 Å². The van der Waals surface area contributed by atoms with Crippen LogP contribution >= 0.6 is 0 Å². The quantitative estimate of drug-likeness (QED) is 0.176. The van der Waals surface area contributed by atoms with E-state index < -0.39 is 58.4 Å². The van der Waals surface area contributed by atoms with Gasteiger partial charge >= 0.3 is 17.9 Å². The lowest BCUT2D eigenvalue weighted by atomic mass is 9.78. The summed E-state index contributed by atoms with van der Waals surface area (Å²) in [5, 5.41) is 10.2. The van der Waals surface area contributed by atoms with E-state index in [2.05, 4.69) is 13.2 Å². The van der Waals surface area contributed by atoms with Crippen LogP contribution in [0.15, 0.2) is 37.4 Å². The molecule has 0 radical (unpaired) electrons. The zero-order chi connectivity index (χ0) is 35.9. The van der Waals surface area contributed by atoms with Crippen molar-refractivity contribution in [1.82, 2.24) is 9.80 Å². The molecule has 0 spiro atoms. The Morgan fingerprint density at radius 3 is 1.34 bits per heavy atom. The van der Waals surface area contributed by atoms with Crippen molar-refractivity contribution in [2.75, 3.05) is 0 Å². The molecule has 47 heavy (non-hydrogen) atoms. The zero-order valence-corrected chi connectivity index (χ0v) is 29.4. The molecule has 0 aliphatic carbocycles. The Balaban J connectivity index is 1.92. The van der Waals surface area contributed by atoms with Gasteiger partial charge in [-0.05, 0) is 105 Å². The van der Waals surface area contributed by atoms with Gasteiger partial charge in [0.2, 0.25) is 11.8 Å². The number of rotatable bonds is 8. The van der Waals surface area contributed by atoms with Crippen molar-refractivity contribution in [3.8, 4) is 5.75 Å². The van der Waals surface area contributed by atoms with E-state index in [9.17, 15) is 29.1 Å². The number of ether oxygens (including phenoxy) is 3. The summed E-state index contributed by atoms with van der Waals surface area (Å²) in [7, 11) is 0. The number of likely N-dealkylation sites (tertiary alicyclic amines) is 2. The third kappa shape index (κ3) is 7.88. The van der Waals surface area contributed by atoms with Crippen molar-refractivity contribution in [3.63, 3.8) is 0 Å². The number of benzene rings is 1. The van der Waals surface area contributed by atoms with Gasteiger partial charge in [-0.3, -0.25) is 9.59 Å². The largest absolute Gasteiger partial charge is 0.507 e. The van der Waals surface area contributed by atoms with Crippen molar-refractivity contribution in [1.29, 1.82) is 0 Å². The van der Waals surface area contributed by atoms with Gasteiger partial charge in [-0.2, -0.15) is 0 Å². The van der Waals surface area contributed by atoms with Gasteiger partial charge in [0.25, 0.3) is 6.10 Å². The Labute approximate surface area is 277 Å². The summed E-state index contributed by atoms with van der Waals surface area (Å²) < 4.78 is 17.2. The number of hydrogen-bond donors (Lipinski definition) is 1. The molecule has 1 N–H and O–H groups in total. The monoisotopic (exact) mass is 654 g/mol. The van der Waals surface area contributed by atoms with E-state index in [0.717, 1.165) is 0 Å². The van der Waals surface area contributed by atoms with Gasteiger partial charge in [0, 0.05) is 47.8 Å². The highest BCUT2D eigenvalue weighted by Crippen LogP contribution is 2.41. The molecule has 2 aliphatic heterocycles. The number of carbonyl (C=O) groups is 5. The number of amides is 2. The molecule has 2 amide bonds. The lowest BCUT2D eigenvalue weighted by Crippen LogP contribution is -2.64. The SMILES string of the molecule is C=CC(=O)N1C(C)(C)CC(OC(=O)C(OC(=O)c2cc(C)c(O)c(C)c2)C(=O)OC2CC(C)(C)N(C(=O)C=C)C(C)(C)C2)CC1(C)C. The molecule has 2 saturated heterocycles. The molecule has 2 fully saturated rings. The van der Waals surface area contributed by atoms with Crippen LogP contribution in [0.2, 0.25) is 0 Å². The van der Waals surface area contributed by atoms with Crippen LogP contribution in [0, 0.1) is 13.8 Å². The third-order valence-electron chi connectivity index (χ3n) is 9.07. The fourth-order valence-electron chi connectivity index (χ4n) is 7.81. The molecule has 1 aromatic rings. The van der Waals surface area contributed by atoms with Crippen LogP contribution in [-0.4, -0.2) is 85.1 Å². The average Bonchev–Trinajstić information content (AvgIpc) is 2.90. The molecule has 0 saturated carbocycles. The number of aryl methyl sites for hydroxylation is 2. The van der Waals surface area contributed by atoms with Crippen LogP contribution in [-0.2, 0) is 33.4 Å². The molecule has 11 nitrogen and oxygen atoms in total. The number of aromatic hydroxyl groups is 1. The molecule has 11 heteroatoms. The lowest BCUT2D eigenvalue weighted by molar-refractivity contribution is -0.185. The molecule has 0 aromatic heterocycles.